The fourth-order valence-electron chi connectivity index (χ4n) is 1.42. The zero-order chi connectivity index (χ0) is 15.0. The fraction of sp³-hybridized carbons (Fsp3) is 0.385. The summed E-state index contributed by atoms with van der Waals surface area (Å²) in [6.45, 7) is 0.985. The molecular weight excluding hydrogens is 319 g/mol. The first kappa shape index (κ1) is 19.5. The Kier molecular flexibility index (Phi) is 9.53. The molecule has 1 aromatic carbocycles. The van der Waals surface area contributed by atoms with Crippen molar-refractivity contribution >= 4 is 35.9 Å². The molecule has 1 amide bonds. The minimum atomic E-state index is -0.571. The molecule has 0 heterocycles. The van der Waals surface area contributed by atoms with Gasteiger partial charge in [-0.15, -0.1) is 12.4 Å². The number of nitrogens with one attached hydrogen (secondary N) is 2. The summed E-state index contributed by atoms with van der Waals surface area (Å²) in [4.78, 5) is 23.1. The van der Waals surface area contributed by atoms with Gasteiger partial charge in [0.25, 0.3) is 5.91 Å². The average Bonchev–Trinajstić information content (AvgIpc) is 2.45. The summed E-state index contributed by atoms with van der Waals surface area (Å²) in [5.74, 6) is -0.589. The third kappa shape index (κ3) is 6.66. The van der Waals surface area contributed by atoms with Gasteiger partial charge in [-0.2, -0.15) is 0 Å². The number of benzene rings is 1. The predicted octanol–water partition coefficient (Wildman–Crippen LogP) is 1.26. The van der Waals surface area contributed by atoms with Crippen molar-refractivity contribution < 1.29 is 19.1 Å². The number of carbonyl (C=O) groups excluding carboxylic acids is 2. The highest BCUT2D eigenvalue weighted by molar-refractivity contribution is 6.31. The van der Waals surface area contributed by atoms with Crippen LogP contribution in [0.5, 0.6) is 5.75 Å². The second kappa shape index (κ2) is 10.3. The van der Waals surface area contributed by atoms with Gasteiger partial charge in [-0.1, -0.05) is 11.6 Å². The molecule has 0 saturated carbocycles. The second-order valence-corrected chi connectivity index (χ2v) is 4.31. The molecule has 0 bridgehead atoms. The number of hydrogen-bond donors (Lipinski definition) is 2. The highest BCUT2D eigenvalue weighted by Gasteiger charge is 2.14. The van der Waals surface area contributed by atoms with E-state index in [1.165, 1.54) is 19.2 Å². The molecule has 0 unspecified atom stereocenters. The molecule has 8 heteroatoms. The Morgan fingerprint density at radius 3 is 2.62 bits per heavy atom. The van der Waals surface area contributed by atoms with Crippen molar-refractivity contribution in [1.82, 2.24) is 10.6 Å². The Morgan fingerprint density at radius 2 is 2.00 bits per heavy atom. The van der Waals surface area contributed by atoms with Crippen LogP contribution in [0.25, 0.3) is 0 Å². The Labute approximate surface area is 134 Å². The summed E-state index contributed by atoms with van der Waals surface area (Å²) in [7, 11) is 3.05. The molecule has 1 rings (SSSR count). The molecule has 0 aliphatic heterocycles. The van der Waals surface area contributed by atoms with Gasteiger partial charge in [0.05, 0.1) is 7.11 Å². The first-order chi connectivity index (χ1) is 9.58. The third-order valence-electron chi connectivity index (χ3n) is 2.40. The van der Waals surface area contributed by atoms with Gasteiger partial charge in [0.1, 0.15) is 11.3 Å². The number of carbonyl (C=O) groups is 2. The van der Waals surface area contributed by atoms with Gasteiger partial charge in [-0.25, -0.2) is 4.79 Å². The lowest BCUT2D eigenvalue weighted by Gasteiger charge is -2.10. The number of likely N-dealkylation sites (N-methyl/N-ethyl adjacent to an activating group) is 1. The summed E-state index contributed by atoms with van der Waals surface area (Å²) >= 11 is 5.82. The van der Waals surface area contributed by atoms with Crippen LogP contribution >= 0.6 is 24.0 Å². The number of methoxy groups -OCH3 is 1. The Hall–Kier alpha value is -1.50. The maximum absolute atomic E-state index is 11.6. The normalized spacial score (nSPS) is 9.48. The van der Waals surface area contributed by atoms with Crippen LogP contribution in [0, 0.1) is 0 Å². The number of halogens is 2. The van der Waals surface area contributed by atoms with E-state index in [1.54, 1.807) is 13.1 Å². The van der Waals surface area contributed by atoms with E-state index in [9.17, 15) is 9.59 Å². The van der Waals surface area contributed by atoms with Gasteiger partial charge < -0.3 is 20.1 Å². The lowest BCUT2D eigenvalue weighted by Crippen LogP contribution is -2.34. The molecule has 0 aromatic heterocycles. The van der Waals surface area contributed by atoms with E-state index in [0.717, 1.165) is 0 Å². The molecule has 21 heavy (non-hydrogen) atoms. The van der Waals surface area contributed by atoms with E-state index < -0.39 is 5.97 Å². The number of rotatable bonds is 7. The van der Waals surface area contributed by atoms with E-state index in [0.29, 0.717) is 18.1 Å². The second-order valence-electron chi connectivity index (χ2n) is 3.87. The summed E-state index contributed by atoms with van der Waals surface area (Å²) in [5.41, 5.74) is 0.183. The van der Waals surface area contributed by atoms with Crippen molar-refractivity contribution in [3.8, 4) is 5.75 Å². The van der Waals surface area contributed by atoms with Gasteiger partial charge in [-0.05, 0) is 25.2 Å². The average molecular weight is 337 g/mol. The Balaban J connectivity index is 0.00000400. The van der Waals surface area contributed by atoms with E-state index in [-0.39, 0.29) is 36.2 Å². The molecule has 6 nitrogen and oxygen atoms in total. The number of amides is 1. The molecule has 0 aliphatic rings. The molecule has 0 saturated heterocycles. The van der Waals surface area contributed by atoms with Crippen molar-refractivity contribution in [2.24, 2.45) is 0 Å². The number of hydrogen-bond acceptors (Lipinski definition) is 5. The van der Waals surface area contributed by atoms with Crippen LogP contribution in [0.1, 0.15) is 10.4 Å². The van der Waals surface area contributed by atoms with E-state index in [2.05, 4.69) is 15.4 Å². The molecule has 0 radical (unpaired) electrons. The van der Waals surface area contributed by atoms with Crippen molar-refractivity contribution in [2.75, 3.05) is 33.9 Å². The minimum absolute atomic E-state index is 0. The van der Waals surface area contributed by atoms with Crippen LogP contribution in [-0.2, 0) is 9.53 Å². The lowest BCUT2D eigenvalue weighted by atomic mass is 10.2. The van der Waals surface area contributed by atoms with Gasteiger partial charge in [-0.3, -0.25) is 4.79 Å². The highest BCUT2D eigenvalue weighted by Crippen LogP contribution is 2.23. The smallest absolute Gasteiger partial charge is 0.341 e. The number of ether oxygens (including phenoxy) is 2. The fourth-order valence-corrected chi connectivity index (χ4v) is 1.59. The number of esters is 1. The predicted molar refractivity (Wildman–Crippen MR) is 82.5 cm³/mol. The SMILES string of the molecule is CNCCNC(=O)COc1ccc(Cl)cc1C(=O)OC.Cl. The van der Waals surface area contributed by atoms with Gasteiger partial charge >= 0.3 is 5.97 Å². The zero-order valence-electron chi connectivity index (χ0n) is 11.8. The van der Waals surface area contributed by atoms with Crippen molar-refractivity contribution in [1.29, 1.82) is 0 Å². The standard InChI is InChI=1S/C13H17ClN2O4.ClH/c1-15-5-6-16-12(17)8-20-11-4-3-9(14)7-10(11)13(18)19-2;/h3-4,7,15H,5-6,8H2,1-2H3,(H,16,17);1H. The van der Waals surface area contributed by atoms with Crippen LogP contribution in [0.3, 0.4) is 0 Å². The monoisotopic (exact) mass is 336 g/mol. The minimum Gasteiger partial charge on any atom is -0.483 e. The van der Waals surface area contributed by atoms with Crippen LogP contribution in [0.2, 0.25) is 5.02 Å². The van der Waals surface area contributed by atoms with Crippen LogP contribution in [0.4, 0.5) is 0 Å². The van der Waals surface area contributed by atoms with Crippen molar-refractivity contribution in [2.45, 2.75) is 0 Å². The van der Waals surface area contributed by atoms with E-state index in [1.807, 2.05) is 0 Å². The quantitative estimate of drug-likeness (QED) is 0.579. The maximum atomic E-state index is 11.6. The summed E-state index contributed by atoms with van der Waals surface area (Å²) in [5, 5.41) is 5.95. The molecule has 0 atom stereocenters. The molecule has 118 valence electrons. The van der Waals surface area contributed by atoms with Crippen molar-refractivity contribution in [3.63, 3.8) is 0 Å². The van der Waals surface area contributed by atoms with E-state index >= 15 is 0 Å². The van der Waals surface area contributed by atoms with Crippen LogP contribution in [-0.4, -0.2) is 45.7 Å². The molecule has 0 fully saturated rings. The highest BCUT2D eigenvalue weighted by atomic mass is 35.5. The first-order valence-electron chi connectivity index (χ1n) is 6.00. The molecular formula is C13H18Cl2N2O4. The topological polar surface area (TPSA) is 76.7 Å². The largest absolute Gasteiger partial charge is 0.483 e. The van der Waals surface area contributed by atoms with Gasteiger partial charge in [0, 0.05) is 18.1 Å². The van der Waals surface area contributed by atoms with Crippen LogP contribution < -0.4 is 15.4 Å². The van der Waals surface area contributed by atoms with E-state index in [4.69, 9.17) is 16.3 Å². The van der Waals surface area contributed by atoms with Gasteiger partial charge in [0.15, 0.2) is 6.61 Å². The summed E-state index contributed by atoms with van der Waals surface area (Å²) < 4.78 is 9.95. The first-order valence-corrected chi connectivity index (χ1v) is 6.38. The van der Waals surface area contributed by atoms with Crippen LogP contribution in [0.15, 0.2) is 18.2 Å². The third-order valence-corrected chi connectivity index (χ3v) is 2.64. The molecule has 0 spiro atoms. The molecule has 2 N–H and O–H groups in total. The van der Waals surface area contributed by atoms with Crippen molar-refractivity contribution in [3.05, 3.63) is 28.8 Å². The summed E-state index contributed by atoms with van der Waals surface area (Å²) in [6, 6.07) is 4.53. The van der Waals surface area contributed by atoms with Gasteiger partial charge in [0.2, 0.25) is 0 Å². The molecule has 0 aliphatic carbocycles. The maximum Gasteiger partial charge on any atom is 0.341 e. The lowest BCUT2D eigenvalue weighted by molar-refractivity contribution is -0.123. The Bertz CT molecular complexity index is 483. The molecule has 1 aromatic rings. The Morgan fingerprint density at radius 1 is 1.29 bits per heavy atom. The summed E-state index contributed by atoms with van der Waals surface area (Å²) in [6.07, 6.45) is 0. The zero-order valence-corrected chi connectivity index (χ0v) is 13.3.